The van der Waals surface area contributed by atoms with E-state index in [1.165, 1.54) is 0 Å². The highest BCUT2D eigenvalue weighted by atomic mass is 16.2. The molecule has 1 amide bonds. The number of rotatable bonds is 3. The largest absolute Gasteiger partial charge is 0.336 e. The zero-order chi connectivity index (χ0) is 9.84. The minimum Gasteiger partial charge on any atom is -0.336 e. The Morgan fingerprint density at radius 3 is 2.92 bits per heavy atom. The minimum atomic E-state index is 0.190. The van der Waals surface area contributed by atoms with Crippen LogP contribution >= 0.6 is 0 Å². The van der Waals surface area contributed by atoms with Crippen molar-refractivity contribution in [3.63, 3.8) is 0 Å². The number of amides is 1. The molecule has 1 heterocycles. The molecule has 72 valence electrons. The number of likely N-dealkylation sites (tertiary alicyclic amines) is 1. The molecule has 1 saturated heterocycles. The van der Waals surface area contributed by atoms with Gasteiger partial charge in [0.2, 0.25) is 5.91 Å². The molecule has 1 rings (SSSR count). The molecule has 1 aliphatic heterocycles. The van der Waals surface area contributed by atoms with Crippen LogP contribution in [0.1, 0.15) is 26.2 Å². The van der Waals surface area contributed by atoms with Crippen LogP contribution in [0.3, 0.4) is 0 Å². The highest BCUT2D eigenvalue weighted by molar-refractivity contribution is 5.79. The Labute approximate surface area is 79.9 Å². The van der Waals surface area contributed by atoms with Gasteiger partial charge in [0, 0.05) is 19.0 Å². The number of nitrogens with zero attached hydrogens (tertiary/aromatic N) is 1. The molecule has 13 heavy (non-hydrogen) atoms. The summed E-state index contributed by atoms with van der Waals surface area (Å²) in [7, 11) is 0. The summed E-state index contributed by atoms with van der Waals surface area (Å²) in [6, 6.07) is 0.256. The molecule has 2 heteroatoms. The SMILES string of the molecule is C=C[C@@H]1CCCN1C(=O)CC(=C)C. The lowest BCUT2D eigenvalue weighted by Crippen LogP contribution is -2.34. The standard InChI is InChI=1S/C11H17NO/c1-4-10-6-5-7-12(10)11(13)8-9(2)3/h4,10H,1-2,5-8H2,3H3/t10-/m1/s1. The van der Waals surface area contributed by atoms with Gasteiger partial charge in [0.15, 0.2) is 0 Å². The quantitative estimate of drug-likeness (QED) is 0.608. The van der Waals surface area contributed by atoms with Gasteiger partial charge in [-0.2, -0.15) is 0 Å². The number of hydrogen-bond donors (Lipinski definition) is 0. The molecule has 0 aliphatic carbocycles. The second kappa shape index (κ2) is 4.26. The van der Waals surface area contributed by atoms with Crippen LogP contribution in [-0.4, -0.2) is 23.4 Å². The molecule has 0 N–H and O–H groups in total. The monoisotopic (exact) mass is 179 g/mol. The molecule has 2 nitrogen and oxygen atoms in total. The van der Waals surface area contributed by atoms with Gasteiger partial charge in [-0.1, -0.05) is 18.2 Å². The highest BCUT2D eigenvalue weighted by Crippen LogP contribution is 2.19. The van der Waals surface area contributed by atoms with E-state index in [0.717, 1.165) is 25.0 Å². The summed E-state index contributed by atoms with van der Waals surface area (Å²) < 4.78 is 0. The Hall–Kier alpha value is -1.05. The molecule has 0 spiro atoms. The maximum absolute atomic E-state index is 11.6. The summed E-state index contributed by atoms with van der Waals surface area (Å²) in [5, 5.41) is 0. The molecule has 0 aromatic carbocycles. The van der Waals surface area contributed by atoms with Gasteiger partial charge in [-0.25, -0.2) is 0 Å². The van der Waals surface area contributed by atoms with Crippen LogP contribution in [-0.2, 0) is 4.79 Å². The van der Waals surface area contributed by atoms with Gasteiger partial charge in [-0.05, 0) is 19.8 Å². The average molecular weight is 179 g/mol. The van der Waals surface area contributed by atoms with Crippen LogP contribution in [0.2, 0.25) is 0 Å². The van der Waals surface area contributed by atoms with E-state index in [4.69, 9.17) is 0 Å². The van der Waals surface area contributed by atoms with Crippen LogP contribution in [0, 0.1) is 0 Å². The molecular weight excluding hydrogens is 162 g/mol. The average Bonchev–Trinajstić information content (AvgIpc) is 2.49. The predicted octanol–water partition coefficient (Wildman–Crippen LogP) is 2.13. The molecule has 0 saturated carbocycles. The maximum Gasteiger partial charge on any atom is 0.227 e. The summed E-state index contributed by atoms with van der Waals surface area (Å²) in [4.78, 5) is 13.5. The van der Waals surface area contributed by atoms with E-state index >= 15 is 0 Å². The molecule has 1 aliphatic rings. The molecule has 0 unspecified atom stereocenters. The Bertz CT molecular complexity index is 232. The van der Waals surface area contributed by atoms with Crippen molar-refractivity contribution in [3.8, 4) is 0 Å². The summed E-state index contributed by atoms with van der Waals surface area (Å²) in [5.41, 5.74) is 0.930. The van der Waals surface area contributed by atoms with E-state index in [1.807, 2.05) is 17.9 Å². The van der Waals surface area contributed by atoms with E-state index in [2.05, 4.69) is 13.2 Å². The van der Waals surface area contributed by atoms with Crippen LogP contribution in [0.4, 0.5) is 0 Å². The first kappa shape index (κ1) is 10.0. The van der Waals surface area contributed by atoms with E-state index in [0.29, 0.717) is 6.42 Å². The topological polar surface area (TPSA) is 20.3 Å². The molecule has 0 aromatic rings. The van der Waals surface area contributed by atoms with Crippen LogP contribution < -0.4 is 0 Å². The van der Waals surface area contributed by atoms with E-state index in [9.17, 15) is 4.79 Å². The van der Waals surface area contributed by atoms with Gasteiger partial charge in [0.1, 0.15) is 0 Å². The maximum atomic E-state index is 11.6. The smallest absolute Gasteiger partial charge is 0.227 e. The molecule has 1 atom stereocenters. The third kappa shape index (κ3) is 2.44. The van der Waals surface area contributed by atoms with Crippen LogP contribution in [0.25, 0.3) is 0 Å². The lowest BCUT2D eigenvalue weighted by atomic mass is 10.2. The van der Waals surface area contributed by atoms with Crippen molar-refractivity contribution in [3.05, 3.63) is 24.8 Å². The number of hydrogen-bond acceptors (Lipinski definition) is 1. The molecule has 0 radical (unpaired) electrons. The zero-order valence-electron chi connectivity index (χ0n) is 8.25. The Balaban J connectivity index is 2.54. The van der Waals surface area contributed by atoms with E-state index in [1.54, 1.807) is 0 Å². The first-order valence-corrected chi connectivity index (χ1v) is 4.71. The fourth-order valence-corrected chi connectivity index (χ4v) is 1.71. The van der Waals surface area contributed by atoms with Crippen molar-refractivity contribution in [2.45, 2.75) is 32.2 Å². The highest BCUT2D eigenvalue weighted by Gasteiger charge is 2.25. The molecule has 0 bridgehead atoms. The van der Waals surface area contributed by atoms with Crippen molar-refractivity contribution in [2.75, 3.05) is 6.54 Å². The van der Waals surface area contributed by atoms with Gasteiger partial charge in [0.05, 0.1) is 0 Å². The van der Waals surface area contributed by atoms with E-state index in [-0.39, 0.29) is 11.9 Å². The first-order valence-electron chi connectivity index (χ1n) is 4.71. The van der Waals surface area contributed by atoms with Crippen molar-refractivity contribution in [1.29, 1.82) is 0 Å². The van der Waals surface area contributed by atoms with Gasteiger partial charge < -0.3 is 4.90 Å². The third-order valence-corrected chi connectivity index (χ3v) is 2.34. The normalized spacial score (nSPS) is 21.6. The summed E-state index contributed by atoms with van der Waals surface area (Å²) >= 11 is 0. The second-order valence-electron chi connectivity index (χ2n) is 3.67. The fourth-order valence-electron chi connectivity index (χ4n) is 1.71. The van der Waals surface area contributed by atoms with Crippen LogP contribution in [0.15, 0.2) is 24.8 Å². The van der Waals surface area contributed by atoms with Crippen molar-refractivity contribution < 1.29 is 4.79 Å². The van der Waals surface area contributed by atoms with Gasteiger partial charge in [-0.15, -0.1) is 6.58 Å². The van der Waals surface area contributed by atoms with Crippen LogP contribution in [0.5, 0.6) is 0 Å². The summed E-state index contributed by atoms with van der Waals surface area (Å²) in [6.07, 6.45) is 4.50. The van der Waals surface area contributed by atoms with Crippen molar-refractivity contribution in [2.24, 2.45) is 0 Å². The summed E-state index contributed by atoms with van der Waals surface area (Å²) in [6.45, 7) is 10.2. The van der Waals surface area contributed by atoms with Crippen molar-refractivity contribution in [1.82, 2.24) is 4.90 Å². The second-order valence-corrected chi connectivity index (χ2v) is 3.67. The van der Waals surface area contributed by atoms with E-state index < -0.39 is 0 Å². The Morgan fingerprint density at radius 2 is 2.38 bits per heavy atom. The first-order chi connectivity index (χ1) is 6.15. The molecule has 0 aromatic heterocycles. The number of carbonyl (C=O) groups is 1. The van der Waals surface area contributed by atoms with Gasteiger partial charge in [0.25, 0.3) is 0 Å². The lowest BCUT2D eigenvalue weighted by Gasteiger charge is -2.21. The van der Waals surface area contributed by atoms with Crippen molar-refractivity contribution >= 4 is 5.91 Å². The predicted molar refractivity (Wildman–Crippen MR) is 54.4 cm³/mol. The Morgan fingerprint density at radius 1 is 1.69 bits per heavy atom. The van der Waals surface area contributed by atoms with Gasteiger partial charge >= 0.3 is 0 Å². The Kier molecular flexibility index (Phi) is 3.29. The lowest BCUT2D eigenvalue weighted by molar-refractivity contribution is -0.130. The fraction of sp³-hybridized carbons (Fsp3) is 0.545. The molecular formula is C11H17NO. The minimum absolute atomic E-state index is 0.190. The zero-order valence-corrected chi connectivity index (χ0v) is 8.25. The summed E-state index contributed by atoms with van der Waals surface area (Å²) in [5.74, 6) is 0.190. The van der Waals surface area contributed by atoms with Gasteiger partial charge in [-0.3, -0.25) is 4.79 Å². The molecule has 1 fully saturated rings. The number of carbonyl (C=O) groups excluding carboxylic acids is 1. The third-order valence-electron chi connectivity index (χ3n) is 2.34.